The Morgan fingerprint density at radius 3 is 2.50 bits per heavy atom. The number of phenols is 1. The van der Waals surface area contributed by atoms with Crippen LogP contribution in [0.15, 0.2) is 42.5 Å². The fourth-order valence-corrected chi connectivity index (χ4v) is 3.34. The number of nitrogens with zero attached hydrogens (tertiary/aromatic N) is 2. The van der Waals surface area contributed by atoms with E-state index in [-0.39, 0.29) is 6.79 Å². The van der Waals surface area contributed by atoms with Crippen LogP contribution in [0, 0.1) is 0 Å². The quantitative estimate of drug-likeness (QED) is 0.803. The van der Waals surface area contributed by atoms with Crippen molar-refractivity contribution in [1.82, 2.24) is 4.90 Å². The first-order chi connectivity index (χ1) is 12.8. The summed E-state index contributed by atoms with van der Waals surface area (Å²) in [5, 5.41) is 9.39. The van der Waals surface area contributed by atoms with E-state index in [0.29, 0.717) is 12.4 Å². The van der Waals surface area contributed by atoms with Crippen molar-refractivity contribution >= 4 is 5.69 Å². The molecule has 4 rings (SSSR count). The highest BCUT2D eigenvalue weighted by atomic mass is 16.7. The minimum atomic E-state index is 0.287. The van der Waals surface area contributed by atoms with Crippen molar-refractivity contribution in [3.05, 3.63) is 42.5 Å². The fourth-order valence-electron chi connectivity index (χ4n) is 3.34. The zero-order chi connectivity index (χ0) is 17.8. The third-order valence-corrected chi connectivity index (χ3v) is 4.82. The Bertz CT molecular complexity index is 727. The number of fused-ring (bicyclic) bond motifs is 1. The second kappa shape index (κ2) is 7.74. The van der Waals surface area contributed by atoms with Crippen molar-refractivity contribution in [1.29, 1.82) is 0 Å². The van der Waals surface area contributed by atoms with E-state index in [4.69, 9.17) is 14.2 Å². The monoisotopic (exact) mass is 356 g/mol. The summed E-state index contributed by atoms with van der Waals surface area (Å²) in [6.45, 7) is 6.12. The number of anilines is 1. The van der Waals surface area contributed by atoms with Crippen molar-refractivity contribution in [3.63, 3.8) is 0 Å². The molecular weight excluding hydrogens is 332 g/mol. The number of phenolic OH excluding ortho intramolecular Hbond substituents is 1. The molecule has 0 amide bonds. The number of aromatic hydroxyl groups is 1. The molecule has 2 aromatic rings. The number of rotatable bonds is 6. The van der Waals surface area contributed by atoms with Crippen LogP contribution in [0.4, 0.5) is 5.69 Å². The van der Waals surface area contributed by atoms with Gasteiger partial charge in [-0.25, -0.2) is 0 Å². The van der Waals surface area contributed by atoms with E-state index in [2.05, 4.69) is 9.80 Å². The van der Waals surface area contributed by atoms with Crippen LogP contribution in [0.5, 0.6) is 23.0 Å². The molecule has 26 heavy (non-hydrogen) atoms. The van der Waals surface area contributed by atoms with Crippen LogP contribution >= 0.6 is 0 Å². The lowest BCUT2D eigenvalue weighted by Gasteiger charge is -2.36. The van der Waals surface area contributed by atoms with E-state index in [1.807, 2.05) is 30.3 Å². The molecule has 0 spiro atoms. The largest absolute Gasteiger partial charge is 0.508 e. The Labute approximate surface area is 153 Å². The van der Waals surface area contributed by atoms with Gasteiger partial charge in [-0.3, -0.25) is 4.90 Å². The first-order valence-corrected chi connectivity index (χ1v) is 9.07. The van der Waals surface area contributed by atoms with Gasteiger partial charge in [-0.2, -0.15) is 0 Å². The topological polar surface area (TPSA) is 54.4 Å². The van der Waals surface area contributed by atoms with Crippen LogP contribution in [-0.4, -0.2) is 56.1 Å². The van der Waals surface area contributed by atoms with Crippen LogP contribution < -0.4 is 19.1 Å². The smallest absolute Gasteiger partial charge is 0.231 e. The molecule has 1 saturated heterocycles. The van der Waals surface area contributed by atoms with E-state index in [0.717, 1.165) is 56.4 Å². The lowest BCUT2D eigenvalue weighted by atomic mass is 10.2. The summed E-state index contributed by atoms with van der Waals surface area (Å²) in [6, 6.07) is 13.1. The highest BCUT2D eigenvalue weighted by Crippen LogP contribution is 2.35. The summed E-state index contributed by atoms with van der Waals surface area (Å²) in [5.41, 5.74) is 1.17. The Morgan fingerprint density at radius 2 is 1.69 bits per heavy atom. The summed E-state index contributed by atoms with van der Waals surface area (Å²) in [6.07, 6.45) is 0.994. The summed E-state index contributed by atoms with van der Waals surface area (Å²) >= 11 is 0. The highest BCUT2D eigenvalue weighted by molar-refractivity contribution is 5.49. The predicted octanol–water partition coefficient (Wildman–Crippen LogP) is 2.71. The zero-order valence-electron chi connectivity index (χ0n) is 14.8. The van der Waals surface area contributed by atoms with Gasteiger partial charge in [-0.1, -0.05) is 0 Å². The second-order valence-electron chi connectivity index (χ2n) is 6.56. The van der Waals surface area contributed by atoms with Gasteiger partial charge in [0.2, 0.25) is 6.79 Å². The number of piperazine rings is 1. The van der Waals surface area contributed by atoms with Gasteiger partial charge < -0.3 is 24.2 Å². The van der Waals surface area contributed by atoms with Crippen LogP contribution in [0.1, 0.15) is 6.42 Å². The lowest BCUT2D eigenvalue weighted by Crippen LogP contribution is -2.46. The molecule has 0 radical (unpaired) electrons. The molecule has 0 unspecified atom stereocenters. The van der Waals surface area contributed by atoms with E-state index >= 15 is 0 Å². The minimum absolute atomic E-state index is 0.287. The highest BCUT2D eigenvalue weighted by Gasteiger charge is 2.17. The molecule has 6 nitrogen and oxygen atoms in total. The molecule has 138 valence electrons. The molecule has 2 heterocycles. The van der Waals surface area contributed by atoms with Crippen LogP contribution in [0.25, 0.3) is 0 Å². The molecule has 0 bridgehead atoms. The maximum Gasteiger partial charge on any atom is 0.231 e. The molecule has 0 saturated carbocycles. The zero-order valence-corrected chi connectivity index (χ0v) is 14.8. The molecule has 1 N–H and O–H groups in total. The molecule has 2 aromatic carbocycles. The molecular formula is C20H24N2O4. The maximum absolute atomic E-state index is 9.39. The Morgan fingerprint density at radius 1 is 0.923 bits per heavy atom. The van der Waals surface area contributed by atoms with E-state index in [9.17, 15) is 5.11 Å². The van der Waals surface area contributed by atoms with Crippen LogP contribution in [-0.2, 0) is 0 Å². The van der Waals surface area contributed by atoms with E-state index in [1.165, 1.54) is 5.69 Å². The Hall–Kier alpha value is -2.60. The van der Waals surface area contributed by atoms with Crippen LogP contribution in [0.3, 0.4) is 0 Å². The second-order valence-corrected chi connectivity index (χ2v) is 6.56. The maximum atomic E-state index is 9.39. The summed E-state index contributed by atoms with van der Waals surface area (Å²) in [4.78, 5) is 4.83. The average Bonchev–Trinajstić information content (AvgIpc) is 3.14. The summed E-state index contributed by atoms with van der Waals surface area (Å²) in [5.74, 6) is 2.68. The number of hydrogen-bond donors (Lipinski definition) is 1. The van der Waals surface area contributed by atoms with Crippen molar-refractivity contribution in [2.45, 2.75) is 6.42 Å². The van der Waals surface area contributed by atoms with Gasteiger partial charge in [0.15, 0.2) is 11.5 Å². The van der Waals surface area contributed by atoms with Crippen molar-refractivity contribution in [2.24, 2.45) is 0 Å². The molecule has 0 aliphatic carbocycles. The molecule has 0 aromatic heterocycles. The fraction of sp³-hybridized carbons (Fsp3) is 0.400. The number of benzene rings is 2. The SMILES string of the molecule is Oc1ccc(N2CCN(CCCOc3ccc4c(c3)OCO4)CC2)cc1. The van der Waals surface area contributed by atoms with E-state index < -0.39 is 0 Å². The third kappa shape index (κ3) is 3.96. The van der Waals surface area contributed by atoms with Gasteiger partial charge >= 0.3 is 0 Å². The summed E-state index contributed by atoms with van der Waals surface area (Å²) in [7, 11) is 0. The Kier molecular flexibility index (Phi) is 5.02. The molecule has 1 fully saturated rings. The van der Waals surface area contributed by atoms with Gasteiger partial charge in [0.05, 0.1) is 6.61 Å². The minimum Gasteiger partial charge on any atom is -0.508 e. The van der Waals surface area contributed by atoms with Crippen molar-refractivity contribution in [3.8, 4) is 23.0 Å². The van der Waals surface area contributed by atoms with Crippen LogP contribution in [0.2, 0.25) is 0 Å². The Balaban J connectivity index is 1.17. The number of ether oxygens (including phenoxy) is 3. The number of hydrogen-bond acceptors (Lipinski definition) is 6. The summed E-state index contributed by atoms with van der Waals surface area (Å²) < 4.78 is 16.5. The first kappa shape index (κ1) is 16.8. The molecule has 2 aliphatic rings. The van der Waals surface area contributed by atoms with Gasteiger partial charge in [-0.15, -0.1) is 0 Å². The normalized spacial score (nSPS) is 16.7. The van der Waals surface area contributed by atoms with Crippen molar-refractivity contribution in [2.75, 3.05) is 51.0 Å². The van der Waals surface area contributed by atoms with Gasteiger partial charge in [0, 0.05) is 44.5 Å². The van der Waals surface area contributed by atoms with Crippen molar-refractivity contribution < 1.29 is 19.3 Å². The lowest BCUT2D eigenvalue weighted by molar-refractivity contribution is 0.173. The van der Waals surface area contributed by atoms with E-state index in [1.54, 1.807) is 12.1 Å². The van der Waals surface area contributed by atoms with Gasteiger partial charge in [-0.05, 0) is 42.8 Å². The average molecular weight is 356 g/mol. The van der Waals surface area contributed by atoms with Gasteiger partial charge in [0.1, 0.15) is 11.5 Å². The standard InChI is InChI=1S/C20H24N2O4/c23-17-4-2-16(3-5-17)22-11-9-21(10-12-22)8-1-13-24-18-6-7-19-20(14-18)26-15-25-19/h2-7,14,23H,1,8-13,15H2. The molecule has 0 atom stereocenters. The molecule has 2 aliphatic heterocycles. The van der Waals surface area contributed by atoms with Gasteiger partial charge in [0.25, 0.3) is 0 Å². The molecule has 6 heteroatoms. The first-order valence-electron chi connectivity index (χ1n) is 9.07. The predicted molar refractivity (Wildman–Crippen MR) is 99.4 cm³/mol. The third-order valence-electron chi connectivity index (χ3n) is 4.82.